The number of hydrogen-bond donors (Lipinski definition) is 1. The van der Waals surface area contributed by atoms with E-state index in [1.165, 1.54) is 6.42 Å². The summed E-state index contributed by atoms with van der Waals surface area (Å²) < 4.78 is 5.55. The van der Waals surface area contributed by atoms with Crippen LogP contribution < -0.4 is 10.2 Å². The smallest absolute Gasteiger partial charge is 0.128 e. The highest BCUT2D eigenvalue weighted by molar-refractivity contribution is 6.31. The lowest BCUT2D eigenvalue weighted by molar-refractivity contribution is 0.0576. The largest absolute Gasteiger partial charge is 0.381 e. The van der Waals surface area contributed by atoms with Crippen LogP contribution in [0.4, 0.5) is 5.82 Å². The van der Waals surface area contributed by atoms with Crippen molar-refractivity contribution in [2.75, 3.05) is 31.7 Å². The van der Waals surface area contributed by atoms with E-state index in [1.54, 1.807) is 0 Å². The topological polar surface area (TPSA) is 37.4 Å². The first-order chi connectivity index (χ1) is 10.1. The predicted molar refractivity (Wildman–Crippen MR) is 88.0 cm³/mol. The molecule has 5 heteroatoms. The molecule has 1 aliphatic rings. The zero-order valence-corrected chi connectivity index (χ0v) is 14.0. The molecule has 2 rings (SSSR count). The Balaban J connectivity index is 1.99. The second-order valence-corrected chi connectivity index (χ2v) is 6.50. The van der Waals surface area contributed by atoms with E-state index in [9.17, 15) is 0 Å². The van der Waals surface area contributed by atoms with E-state index >= 15 is 0 Å². The minimum Gasteiger partial charge on any atom is -0.381 e. The molecule has 0 aromatic carbocycles. The molecule has 1 aromatic heterocycles. The third-order valence-electron chi connectivity index (χ3n) is 3.76. The number of pyridine rings is 1. The van der Waals surface area contributed by atoms with Gasteiger partial charge in [-0.15, -0.1) is 0 Å². The first-order valence-electron chi connectivity index (χ1n) is 7.74. The fourth-order valence-electron chi connectivity index (χ4n) is 2.54. The molecule has 1 atom stereocenters. The monoisotopic (exact) mass is 311 g/mol. The summed E-state index contributed by atoms with van der Waals surface area (Å²) in [5, 5.41) is 4.09. The van der Waals surface area contributed by atoms with Crippen LogP contribution in [-0.2, 0) is 11.3 Å². The Labute approximate surface area is 132 Å². The van der Waals surface area contributed by atoms with Gasteiger partial charge in [0.25, 0.3) is 0 Å². The van der Waals surface area contributed by atoms with Gasteiger partial charge in [-0.2, -0.15) is 0 Å². The minimum atomic E-state index is 0.420. The zero-order valence-electron chi connectivity index (χ0n) is 13.2. The molecule has 1 N–H and O–H groups in total. The normalized spacial score (nSPS) is 19.0. The second kappa shape index (κ2) is 7.97. The molecule has 1 aliphatic heterocycles. The van der Waals surface area contributed by atoms with Crippen molar-refractivity contribution in [1.82, 2.24) is 10.3 Å². The summed E-state index contributed by atoms with van der Waals surface area (Å²) in [5.74, 6) is 1.57. The van der Waals surface area contributed by atoms with Gasteiger partial charge in [0.05, 0.1) is 17.3 Å². The number of anilines is 1. The molecule has 4 nitrogen and oxygen atoms in total. The minimum absolute atomic E-state index is 0.420. The van der Waals surface area contributed by atoms with E-state index in [0.29, 0.717) is 18.5 Å². The van der Waals surface area contributed by atoms with E-state index in [-0.39, 0.29) is 0 Å². The van der Waals surface area contributed by atoms with Crippen molar-refractivity contribution in [3.8, 4) is 0 Å². The van der Waals surface area contributed by atoms with Crippen molar-refractivity contribution in [2.24, 2.45) is 5.92 Å². The maximum Gasteiger partial charge on any atom is 0.128 e. The Kier molecular flexibility index (Phi) is 6.27. The summed E-state index contributed by atoms with van der Waals surface area (Å²) in [6.07, 6.45) is 2.40. The predicted octanol–water partition coefficient (Wildman–Crippen LogP) is 3.10. The average Bonchev–Trinajstić information content (AvgIpc) is 2.47. The molecule has 1 unspecified atom stereocenters. The molecule has 0 saturated carbocycles. The molecule has 0 radical (unpaired) electrons. The fraction of sp³-hybridized carbons (Fsp3) is 0.688. The molecule has 21 heavy (non-hydrogen) atoms. The van der Waals surface area contributed by atoms with Gasteiger partial charge < -0.3 is 15.0 Å². The summed E-state index contributed by atoms with van der Waals surface area (Å²) in [5.41, 5.74) is 0.912. The van der Waals surface area contributed by atoms with Gasteiger partial charge in [0, 0.05) is 32.8 Å². The number of nitrogens with zero attached hydrogens (tertiary/aromatic N) is 2. The summed E-state index contributed by atoms with van der Waals surface area (Å²) in [4.78, 5) is 6.90. The molecule has 0 spiro atoms. The van der Waals surface area contributed by atoms with Crippen LogP contribution in [0.15, 0.2) is 12.1 Å². The van der Waals surface area contributed by atoms with Crippen LogP contribution in [0.2, 0.25) is 5.02 Å². The van der Waals surface area contributed by atoms with Crippen LogP contribution in [-0.4, -0.2) is 37.8 Å². The highest BCUT2D eigenvalue weighted by Crippen LogP contribution is 2.21. The molecule has 2 heterocycles. The average molecular weight is 312 g/mol. The van der Waals surface area contributed by atoms with Gasteiger partial charge in [-0.05, 0) is 30.9 Å². The second-order valence-electron chi connectivity index (χ2n) is 6.10. The lowest BCUT2D eigenvalue weighted by Gasteiger charge is -2.28. The number of nitrogens with one attached hydrogen (secondary N) is 1. The molecule has 1 saturated heterocycles. The number of halogens is 1. The van der Waals surface area contributed by atoms with Crippen LogP contribution >= 0.6 is 11.6 Å². The zero-order chi connectivity index (χ0) is 15.2. The Morgan fingerprint density at radius 2 is 2.29 bits per heavy atom. The van der Waals surface area contributed by atoms with Crippen LogP contribution in [0, 0.1) is 5.92 Å². The Bertz CT molecular complexity index is 447. The first-order valence-corrected chi connectivity index (χ1v) is 8.11. The van der Waals surface area contributed by atoms with Gasteiger partial charge in [0.1, 0.15) is 5.82 Å². The molecule has 1 aromatic rings. The number of aromatic nitrogens is 1. The fourth-order valence-corrected chi connectivity index (χ4v) is 2.71. The van der Waals surface area contributed by atoms with Crippen LogP contribution in [0.5, 0.6) is 0 Å². The summed E-state index contributed by atoms with van der Waals surface area (Å²) >= 11 is 6.24. The van der Waals surface area contributed by atoms with Gasteiger partial charge in [-0.3, -0.25) is 0 Å². The van der Waals surface area contributed by atoms with Crippen LogP contribution in [0.25, 0.3) is 0 Å². The lowest BCUT2D eigenvalue weighted by atomic mass is 10.0. The van der Waals surface area contributed by atoms with Gasteiger partial charge >= 0.3 is 0 Å². The van der Waals surface area contributed by atoms with Gasteiger partial charge in [-0.1, -0.05) is 25.4 Å². The molecule has 0 amide bonds. The summed E-state index contributed by atoms with van der Waals surface area (Å²) in [6.45, 7) is 7.68. The van der Waals surface area contributed by atoms with E-state index in [1.807, 2.05) is 12.1 Å². The Morgan fingerprint density at radius 1 is 1.48 bits per heavy atom. The van der Waals surface area contributed by atoms with Crippen molar-refractivity contribution in [1.29, 1.82) is 0 Å². The number of ether oxygens (including phenoxy) is 1. The van der Waals surface area contributed by atoms with Crippen molar-refractivity contribution in [3.05, 3.63) is 22.8 Å². The van der Waals surface area contributed by atoms with Gasteiger partial charge in [-0.25, -0.2) is 4.98 Å². The lowest BCUT2D eigenvalue weighted by Crippen LogP contribution is -2.31. The first kappa shape index (κ1) is 16.5. The summed E-state index contributed by atoms with van der Waals surface area (Å²) in [6, 6.07) is 4.35. The maximum absolute atomic E-state index is 6.24. The maximum atomic E-state index is 6.24. The molecular weight excluding hydrogens is 286 g/mol. The van der Waals surface area contributed by atoms with Gasteiger partial charge in [0.2, 0.25) is 0 Å². The standard InChI is InChI=1S/C16H26ClN3O/c1-12(2)18-9-15-14(17)6-7-16(19-15)20(3)10-13-5-4-8-21-11-13/h6-7,12-13,18H,4-5,8-11H2,1-3H3. The van der Waals surface area contributed by atoms with Crippen molar-refractivity contribution in [3.63, 3.8) is 0 Å². The third kappa shape index (κ3) is 5.13. The van der Waals surface area contributed by atoms with Gasteiger partial charge in [0.15, 0.2) is 0 Å². The Hall–Kier alpha value is -0.840. The molecular formula is C16H26ClN3O. The van der Waals surface area contributed by atoms with Crippen molar-refractivity contribution >= 4 is 17.4 Å². The van der Waals surface area contributed by atoms with Crippen molar-refractivity contribution in [2.45, 2.75) is 39.3 Å². The van der Waals surface area contributed by atoms with E-state index in [0.717, 1.165) is 42.7 Å². The number of hydrogen-bond acceptors (Lipinski definition) is 4. The Morgan fingerprint density at radius 3 is 2.95 bits per heavy atom. The molecule has 0 aliphatic carbocycles. The van der Waals surface area contributed by atoms with E-state index in [4.69, 9.17) is 21.3 Å². The highest BCUT2D eigenvalue weighted by Gasteiger charge is 2.17. The SMILES string of the molecule is CC(C)NCc1nc(N(C)CC2CCCOC2)ccc1Cl. The molecule has 1 fully saturated rings. The number of rotatable bonds is 6. The van der Waals surface area contributed by atoms with Crippen molar-refractivity contribution < 1.29 is 4.74 Å². The highest BCUT2D eigenvalue weighted by atomic mass is 35.5. The third-order valence-corrected chi connectivity index (χ3v) is 4.10. The quantitative estimate of drug-likeness (QED) is 0.876. The van der Waals surface area contributed by atoms with E-state index in [2.05, 4.69) is 31.1 Å². The molecule has 118 valence electrons. The molecule has 0 bridgehead atoms. The van der Waals surface area contributed by atoms with E-state index < -0.39 is 0 Å². The van der Waals surface area contributed by atoms with Crippen LogP contribution in [0.3, 0.4) is 0 Å². The summed E-state index contributed by atoms with van der Waals surface area (Å²) in [7, 11) is 2.09. The van der Waals surface area contributed by atoms with Crippen LogP contribution in [0.1, 0.15) is 32.4 Å².